The molecule has 12 heteroatoms. The van der Waals surface area contributed by atoms with Crippen molar-refractivity contribution in [1.82, 2.24) is 29.1 Å². The molecule has 1 saturated carbocycles. The second-order valence-corrected chi connectivity index (χ2v) is 8.83. The number of aromatic nitrogens is 6. The molecule has 0 saturated heterocycles. The molecule has 9 nitrogen and oxygen atoms in total. The minimum atomic E-state index is -4.38. The molecule has 1 aliphatic carbocycles. The number of nitrogens with two attached hydrogens (primary N) is 2. The largest absolute Gasteiger partial charge is 0.406 e. The number of nitrogens with zero attached hydrogens (tertiary/aromatic N) is 6. The summed E-state index contributed by atoms with van der Waals surface area (Å²) >= 11 is 0. The van der Waals surface area contributed by atoms with Crippen LogP contribution in [-0.4, -0.2) is 46.0 Å². The molecule has 4 aromatic rings. The standard InChI is InChI=1S/C15H13F3N8.C7H14O.C2H6/c1-7-21-10-3-2-9(22-13(10)25(7)6-15(16,17)18)8-4-5-26-11(8)12(19)23-14(20)24-26;1-7(8)5-3-2-4-6-7;1-2/h2-5H,6H2,1H3,(H4,19,20,23,24);8H,2-6H2,1H3;1-2H3. The van der Waals surface area contributed by atoms with Crippen LogP contribution in [0.2, 0.25) is 0 Å². The first kappa shape index (κ1) is 27.2. The summed E-state index contributed by atoms with van der Waals surface area (Å²) in [5.74, 6) is 0.401. The minimum absolute atomic E-state index is 0.0134. The van der Waals surface area contributed by atoms with E-state index in [0.29, 0.717) is 22.3 Å². The third-order valence-electron chi connectivity index (χ3n) is 5.88. The third-order valence-corrected chi connectivity index (χ3v) is 5.88. The zero-order valence-corrected chi connectivity index (χ0v) is 21.0. The maximum atomic E-state index is 12.9. The Bertz CT molecular complexity index is 1320. The van der Waals surface area contributed by atoms with Gasteiger partial charge in [-0.2, -0.15) is 18.2 Å². The summed E-state index contributed by atoms with van der Waals surface area (Å²) in [6.45, 7) is 6.28. The highest BCUT2D eigenvalue weighted by Crippen LogP contribution is 2.30. The fourth-order valence-corrected chi connectivity index (χ4v) is 4.22. The van der Waals surface area contributed by atoms with Crippen LogP contribution in [0.15, 0.2) is 24.4 Å². The van der Waals surface area contributed by atoms with Gasteiger partial charge in [0.15, 0.2) is 11.5 Å². The van der Waals surface area contributed by atoms with Crippen LogP contribution in [0.5, 0.6) is 0 Å². The summed E-state index contributed by atoms with van der Waals surface area (Å²) in [7, 11) is 0. The number of hydrogen-bond donors (Lipinski definition) is 3. The average Bonchev–Trinajstić information content (AvgIpc) is 3.35. The van der Waals surface area contributed by atoms with Crippen LogP contribution >= 0.6 is 0 Å². The second kappa shape index (κ2) is 10.7. The number of hydrogen-bond acceptors (Lipinski definition) is 7. The first-order chi connectivity index (χ1) is 16.9. The number of nitrogen functional groups attached to an aromatic ring is 2. The van der Waals surface area contributed by atoms with Gasteiger partial charge >= 0.3 is 6.18 Å². The van der Waals surface area contributed by atoms with E-state index in [1.54, 1.807) is 24.4 Å². The van der Waals surface area contributed by atoms with Crippen molar-refractivity contribution < 1.29 is 18.3 Å². The first-order valence-corrected chi connectivity index (χ1v) is 12.0. The third kappa shape index (κ3) is 6.23. The molecule has 0 unspecified atom stereocenters. The van der Waals surface area contributed by atoms with Crippen molar-refractivity contribution in [3.05, 3.63) is 30.2 Å². The average molecular weight is 507 g/mol. The Balaban J connectivity index is 0.000000305. The number of alkyl halides is 3. The van der Waals surface area contributed by atoms with Gasteiger partial charge < -0.3 is 21.1 Å². The molecule has 36 heavy (non-hydrogen) atoms. The lowest BCUT2D eigenvalue weighted by atomic mass is 9.87. The molecule has 4 heterocycles. The Morgan fingerprint density at radius 2 is 1.69 bits per heavy atom. The predicted molar refractivity (Wildman–Crippen MR) is 134 cm³/mol. The molecule has 1 aliphatic rings. The molecule has 4 aromatic heterocycles. The van der Waals surface area contributed by atoms with Crippen molar-refractivity contribution >= 4 is 28.4 Å². The fourth-order valence-electron chi connectivity index (χ4n) is 4.22. The minimum Gasteiger partial charge on any atom is -0.390 e. The van der Waals surface area contributed by atoms with E-state index in [0.717, 1.165) is 17.4 Å². The Morgan fingerprint density at radius 1 is 1.03 bits per heavy atom. The maximum Gasteiger partial charge on any atom is 0.406 e. The van der Waals surface area contributed by atoms with Crippen LogP contribution in [-0.2, 0) is 6.54 Å². The van der Waals surface area contributed by atoms with Crippen LogP contribution in [0.4, 0.5) is 24.9 Å². The van der Waals surface area contributed by atoms with Crippen molar-refractivity contribution in [1.29, 1.82) is 0 Å². The van der Waals surface area contributed by atoms with Gasteiger partial charge in [0.25, 0.3) is 0 Å². The number of imidazole rings is 1. The van der Waals surface area contributed by atoms with Crippen LogP contribution < -0.4 is 11.5 Å². The van der Waals surface area contributed by atoms with Crippen molar-refractivity contribution in [3.63, 3.8) is 0 Å². The Hall–Kier alpha value is -3.41. The molecule has 0 amide bonds. The molecule has 0 spiro atoms. The molecule has 0 atom stereocenters. The molecular formula is C24H33F3N8O. The number of rotatable bonds is 2. The maximum absolute atomic E-state index is 12.9. The van der Waals surface area contributed by atoms with Gasteiger partial charge in [-0.3, -0.25) is 0 Å². The van der Waals surface area contributed by atoms with Crippen molar-refractivity contribution in [2.24, 2.45) is 0 Å². The van der Waals surface area contributed by atoms with Gasteiger partial charge in [-0.15, -0.1) is 5.10 Å². The first-order valence-electron chi connectivity index (χ1n) is 12.0. The Morgan fingerprint density at radius 3 is 2.28 bits per heavy atom. The van der Waals surface area contributed by atoms with E-state index in [1.165, 1.54) is 30.7 Å². The molecule has 5 rings (SSSR count). The van der Waals surface area contributed by atoms with E-state index >= 15 is 0 Å². The summed E-state index contributed by atoms with van der Waals surface area (Å²) in [6.07, 6.45) is 3.01. The van der Waals surface area contributed by atoms with E-state index in [2.05, 4.69) is 20.1 Å². The molecule has 0 aliphatic heterocycles. The van der Waals surface area contributed by atoms with Crippen molar-refractivity contribution in [3.8, 4) is 11.3 Å². The smallest absolute Gasteiger partial charge is 0.390 e. The monoisotopic (exact) mass is 506 g/mol. The Labute approximate surface area is 207 Å². The number of aliphatic hydroxyl groups is 1. The van der Waals surface area contributed by atoms with E-state index in [1.807, 2.05) is 20.8 Å². The van der Waals surface area contributed by atoms with Gasteiger partial charge in [-0.1, -0.05) is 33.1 Å². The van der Waals surface area contributed by atoms with Gasteiger partial charge in [-0.25, -0.2) is 14.5 Å². The molecule has 5 N–H and O–H groups in total. The second-order valence-electron chi connectivity index (χ2n) is 8.83. The van der Waals surface area contributed by atoms with Crippen LogP contribution in [0.1, 0.15) is 58.7 Å². The highest BCUT2D eigenvalue weighted by atomic mass is 19.4. The normalized spacial score (nSPS) is 15.2. The quantitative estimate of drug-likeness (QED) is 0.352. The number of halogens is 3. The van der Waals surface area contributed by atoms with Gasteiger partial charge in [0, 0.05) is 11.8 Å². The van der Waals surface area contributed by atoms with E-state index in [-0.39, 0.29) is 28.8 Å². The molecule has 196 valence electrons. The SMILES string of the molecule is CC.CC1(O)CCCCC1.Cc1nc2ccc(-c3ccn4nc(N)nc(N)c34)nc2n1CC(F)(F)F. The van der Waals surface area contributed by atoms with Gasteiger partial charge in [0.2, 0.25) is 5.95 Å². The lowest BCUT2D eigenvalue weighted by molar-refractivity contribution is -0.140. The summed E-state index contributed by atoms with van der Waals surface area (Å²) in [6, 6.07) is 4.98. The van der Waals surface area contributed by atoms with E-state index in [9.17, 15) is 18.3 Å². The van der Waals surface area contributed by atoms with E-state index < -0.39 is 12.7 Å². The number of aryl methyl sites for hydroxylation is 1. The number of pyridine rings is 1. The van der Waals surface area contributed by atoms with Crippen LogP contribution in [0.3, 0.4) is 0 Å². The summed E-state index contributed by atoms with van der Waals surface area (Å²) < 4.78 is 41.1. The highest BCUT2D eigenvalue weighted by molar-refractivity contribution is 5.88. The summed E-state index contributed by atoms with van der Waals surface area (Å²) in [5.41, 5.74) is 13.2. The molecular weight excluding hydrogens is 473 g/mol. The van der Waals surface area contributed by atoms with Gasteiger partial charge in [0.05, 0.1) is 11.3 Å². The molecule has 0 bridgehead atoms. The number of anilines is 2. The Kier molecular flexibility index (Phi) is 8.07. The zero-order chi connectivity index (χ0) is 26.7. The van der Waals surface area contributed by atoms with E-state index in [4.69, 9.17) is 11.5 Å². The molecule has 0 radical (unpaired) electrons. The lowest BCUT2D eigenvalue weighted by Crippen LogP contribution is -2.26. The lowest BCUT2D eigenvalue weighted by Gasteiger charge is -2.27. The molecule has 1 fully saturated rings. The highest BCUT2D eigenvalue weighted by Gasteiger charge is 2.30. The van der Waals surface area contributed by atoms with Crippen LogP contribution in [0.25, 0.3) is 27.9 Å². The van der Waals surface area contributed by atoms with Crippen molar-refractivity contribution in [2.75, 3.05) is 11.5 Å². The zero-order valence-electron chi connectivity index (χ0n) is 21.0. The molecule has 0 aromatic carbocycles. The predicted octanol–water partition coefficient (Wildman–Crippen LogP) is 4.90. The summed E-state index contributed by atoms with van der Waals surface area (Å²) in [4.78, 5) is 12.4. The van der Waals surface area contributed by atoms with Gasteiger partial charge in [0.1, 0.15) is 23.4 Å². The van der Waals surface area contributed by atoms with Gasteiger partial charge in [-0.05, 0) is 44.9 Å². The number of fused-ring (bicyclic) bond motifs is 2. The topological polar surface area (TPSA) is 133 Å². The summed E-state index contributed by atoms with van der Waals surface area (Å²) in [5, 5.41) is 13.4. The van der Waals surface area contributed by atoms with Crippen molar-refractivity contribution in [2.45, 2.75) is 78.1 Å². The fraction of sp³-hybridized carbons (Fsp3) is 0.500. The van der Waals surface area contributed by atoms with Crippen LogP contribution in [0, 0.1) is 6.92 Å².